The maximum atomic E-state index is 9.75. The third-order valence-corrected chi connectivity index (χ3v) is 2.05. The first kappa shape index (κ1) is 15.0. The van der Waals surface area contributed by atoms with Gasteiger partial charge in [-0.05, 0) is 18.6 Å². The number of hydrogen-bond donors (Lipinski definition) is 0. The summed E-state index contributed by atoms with van der Waals surface area (Å²) in [5, 5.41) is 9.35. The largest absolute Gasteiger partial charge is 0.673 e. The predicted molar refractivity (Wildman–Crippen MR) is 56.1 cm³/mol. The summed E-state index contributed by atoms with van der Waals surface area (Å²) in [6.45, 7) is 1.81. The van der Waals surface area contributed by atoms with Gasteiger partial charge in [0.25, 0.3) is 0 Å². The molecule has 0 aromatic heterocycles. The lowest BCUT2D eigenvalue weighted by Gasteiger charge is -1.94. The Bertz CT molecular complexity index is 410. The van der Waals surface area contributed by atoms with E-state index in [0.717, 1.165) is 5.56 Å². The summed E-state index contributed by atoms with van der Waals surface area (Å²) < 4.78 is 39.0. The van der Waals surface area contributed by atoms with Crippen LogP contribution in [-0.2, 0) is 0 Å². The number of rotatable bonds is 0. The molecular weight excluding hydrogens is 270 g/mol. The van der Waals surface area contributed by atoms with Crippen molar-refractivity contribution in [2.24, 2.45) is 0 Å². The average molecular weight is 275 g/mol. The molecule has 1 aromatic carbocycles. The topological polar surface area (TPSA) is 28.1 Å². The molecule has 0 aliphatic carbocycles. The SMILES string of the molecule is Cc1cc([N+]#N)c(Cl)cc1Cl.F[B-](F)(F)F. The smallest absolute Gasteiger partial charge is 0.418 e. The number of aryl methyl sites for hydroxylation is 1. The normalized spacial score (nSPS) is 10.1. The Kier molecular flexibility index (Phi) is 5.55. The highest BCUT2D eigenvalue weighted by Gasteiger charge is 2.20. The zero-order chi connectivity index (χ0) is 12.9. The Morgan fingerprint density at radius 3 is 1.94 bits per heavy atom. The molecule has 0 aliphatic heterocycles. The van der Waals surface area contributed by atoms with Crippen molar-refractivity contribution in [3.8, 4) is 0 Å². The van der Waals surface area contributed by atoms with Gasteiger partial charge in [0.2, 0.25) is 5.39 Å². The van der Waals surface area contributed by atoms with E-state index in [1.807, 2.05) is 6.92 Å². The number of halogens is 6. The fraction of sp³-hybridized carbons (Fsp3) is 0.143. The van der Waals surface area contributed by atoms with Gasteiger partial charge in [-0.15, -0.1) is 0 Å². The maximum absolute atomic E-state index is 9.75. The molecule has 9 heteroatoms. The van der Waals surface area contributed by atoms with E-state index < -0.39 is 7.25 Å². The maximum Gasteiger partial charge on any atom is 0.673 e. The first-order valence-electron chi connectivity index (χ1n) is 3.83. The lowest BCUT2D eigenvalue weighted by atomic mass is 10.2. The van der Waals surface area contributed by atoms with Crippen molar-refractivity contribution >= 4 is 36.1 Å². The molecule has 0 N–H and O–H groups in total. The molecule has 0 fully saturated rings. The summed E-state index contributed by atoms with van der Waals surface area (Å²) in [7, 11) is -6.00. The van der Waals surface area contributed by atoms with Gasteiger partial charge in [0.15, 0.2) is 4.98 Å². The number of benzene rings is 1. The highest BCUT2D eigenvalue weighted by atomic mass is 35.5. The molecule has 0 saturated heterocycles. The summed E-state index contributed by atoms with van der Waals surface area (Å²) in [6.07, 6.45) is 0. The number of nitrogens with zero attached hydrogens (tertiary/aromatic N) is 2. The van der Waals surface area contributed by atoms with E-state index in [1.54, 1.807) is 12.1 Å². The molecular formula is C7H5BCl2F4N2. The second-order valence-corrected chi connectivity index (χ2v) is 3.46. The minimum absolute atomic E-state index is 0.341. The molecule has 0 atom stereocenters. The van der Waals surface area contributed by atoms with E-state index in [4.69, 9.17) is 28.6 Å². The molecule has 0 unspecified atom stereocenters. The fourth-order valence-electron chi connectivity index (χ4n) is 0.719. The van der Waals surface area contributed by atoms with Crippen molar-refractivity contribution in [1.29, 1.82) is 5.39 Å². The minimum Gasteiger partial charge on any atom is -0.418 e. The molecule has 0 radical (unpaired) electrons. The molecule has 1 rings (SSSR count). The van der Waals surface area contributed by atoms with Gasteiger partial charge in [-0.3, -0.25) is 0 Å². The van der Waals surface area contributed by atoms with Gasteiger partial charge < -0.3 is 17.3 Å². The Labute approximate surface area is 98.9 Å². The molecule has 0 bridgehead atoms. The van der Waals surface area contributed by atoms with Crippen LogP contribution in [0.4, 0.5) is 23.0 Å². The summed E-state index contributed by atoms with van der Waals surface area (Å²) in [6, 6.07) is 3.16. The molecule has 0 amide bonds. The molecule has 0 aliphatic rings. The van der Waals surface area contributed by atoms with E-state index in [9.17, 15) is 17.3 Å². The average Bonchev–Trinajstić information content (AvgIpc) is 2.08. The third kappa shape index (κ3) is 6.48. The van der Waals surface area contributed by atoms with Crippen molar-refractivity contribution in [3.05, 3.63) is 32.7 Å². The Morgan fingerprint density at radius 1 is 1.12 bits per heavy atom. The molecule has 88 valence electrons. The molecule has 1 aromatic rings. The minimum atomic E-state index is -6.00. The monoisotopic (exact) mass is 274 g/mol. The van der Waals surface area contributed by atoms with Crippen molar-refractivity contribution < 1.29 is 17.3 Å². The van der Waals surface area contributed by atoms with Crippen LogP contribution in [0.3, 0.4) is 0 Å². The van der Waals surface area contributed by atoms with Crippen molar-refractivity contribution in [2.45, 2.75) is 6.92 Å². The Balaban J connectivity index is 0.000000385. The van der Waals surface area contributed by atoms with Gasteiger partial charge in [0.1, 0.15) is 5.02 Å². The highest BCUT2D eigenvalue weighted by molar-refractivity contribution is 6.50. The first-order chi connectivity index (χ1) is 7.15. The van der Waals surface area contributed by atoms with Crippen molar-refractivity contribution in [1.82, 2.24) is 0 Å². The van der Waals surface area contributed by atoms with Crippen LogP contribution in [-0.4, -0.2) is 7.25 Å². The second-order valence-electron chi connectivity index (χ2n) is 2.65. The van der Waals surface area contributed by atoms with E-state index in [-0.39, 0.29) is 0 Å². The van der Waals surface area contributed by atoms with Crippen LogP contribution in [0.15, 0.2) is 12.1 Å². The molecule has 0 saturated carbocycles. The molecule has 0 spiro atoms. The molecule has 2 nitrogen and oxygen atoms in total. The third-order valence-electron chi connectivity index (χ3n) is 1.34. The molecule has 16 heavy (non-hydrogen) atoms. The van der Waals surface area contributed by atoms with E-state index >= 15 is 0 Å². The predicted octanol–water partition coefficient (Wildman–Crippen LogP) is 5.09. The van der Waals surface area contributed by atoms with Crippen LogP contribution in [0.2, 0.25) is 10.0 Å². The van der Waals surface area contributed by atoms with Gasteiger partial charge in [0, 0.05) is 11.1 Å². The number of hydrogen-bond acceptors (Lipinski definition) is 1. The van der Waals surface area contributed by atoms with Crippen LogP contribution < -0.4 is 0 Å². The second kappa shape index (κ2) is 5.92. The van der Waals surface area contributed by atoms with Crippen LogP contribution in [0.25, 0.3) is 4.98 Å². The van der Waals surface area contributed by atoms with Gasteiger partial charge in [0.05, 0.1) is 0 Å². The van der Waals surface area contributed by atoms with Crippen LogP contribution in [0.1, 0.15) is 5.56 Å². The summed E-state index contributed by atoms with van der Waals surface area (Å²) in [4.78, 5) is 2.98. The van der Waals surface area contributed by atoms with E-state index in [2.05, 4.69) is 4.98 Å². The van der Waals surface area contributed by atoms with Crippen LogP contribution >= 0.6 is 23.2 Å². The van der Waals surface area contributed by atoms with Crippen molar-refractivity contribution in [2.75, 3.05) is 0 Å². The fourth-order valence-corrected chi connectivity index (χ4v) is 1.14. The highest BCUT2D eigenvalue weighted by Crippen LogP contribution is 2.30. The van der Waals surface area contributed by atoms with Gasteiger partial charge >= 0.3 is 12.9 Å². The van der Waals surface area contributed by atoms with E-state index in [1.165, 1.54) is 0 Å². The molecule has 0 heterocycles. The standard InChI is InChI=1S/C7H5Cl2N2.BF4/c1-4-2-7(11-10)6(9)3-5(4)8;2-1(3,4)5/h2-3H,1H3;/q+1;-1. The quantitative estimate of drug-likeness (QED) is 0.368. The number of diazo groups is 1. The van der Waals surface area contributed by atoms with Gasteiger partial charge in [-0.2, -0.15) is 0 Å². The summed E-state index contributed by atoms with van der Waals surface area (Å²) in [5.74, 6) is 0. The zero-order valence-electron chi connectivity index (χ0n) is 7.89. The Hall–Kier alpha value is -0.995. The van der Waals surface area contributed by atoms with Gasteiger partial charge in [-0.25, -0.2) is 0 Å². The lowest BCUT2D eigenvalue weighted by molar-refractivity contribution is 0.368. The van der Waals surface area contributed by atoms with Crippen LogP contribution in [0, 0.1) is 12.3 Å². The Morgan fingerprint density at radius 2 is 1.56 bits per heavy atom. The summed E-state index contributed by atoms with van der Waals surface area (Å²) in [5.41, 5.74) is 1.18. The first-order valence-corrected chi connectivity index (χ1v) is 4.59. The van der Waals surface area contributed by atoms with Gasteiger partial charge in [-0.1, -0.05) is 23.2 Å². The van der Waals surface area contributed by atoms with E-state index in [0.29, 0.717) is 15.7 Å². The zero-order valence-corrected chi connectivity index (χ0v) is 9.41. The lowest BCUT2D eigenvalue weighted by Crippen LogP contribution is -2.02. The summed E-state index contributed by atoms with van der Waals surface area (Å²) >= 11 is 11.4. The van der Waals surface area contributed by atoms with Crippen molar-refractivity contribution in [3.63, 3.8) is 0 Å². The van der Waals surface area contributed by atoms with Crippen LogP contribution in [0.5, 0.6) is 0 Å².